The highest BCUT2D eigenvalue weighted by molar-refractivity contribution is 5.53. The van der Waals surface area contributed by atoms with Gasteiger partial charge in [0.05, 0.1) is 0 Å². The molecule has 0 heterocycles. The van der Waals surface area contributed by atoms with E-state index in [9.17, 15) is 4.39 Å². The fourth-order valence-corrected chi connectivity index (χ4v) is 3.01. The molecule has 3 heteroatoms. The summed E-state index contributed by atoms with van der Waals surface area (Å²) in [6, 6.07) is 5.13. The fraction of sp³-hybridized carbons (Fsp3) is 0.625. The summed E-state index contributed by atoms with van der Waals surface area (Å²) in [5.74, 6) is 0.660. The van der Waals surface area contributed by atoms with Gasteiger partial charge in [0.15, 0.2) is 0 Å². The molecule has 1 aliphatic carbocycles. The smallest absolute Gasteiger partial charge is 0.123 e. The molecule has 0 atom stereocenters. The largest absolute Gasteiger partial charge is 0.374 e. The molecule has 0 radical (unpaired) electrons. The topological polar surface area (TPSA) is 15.3 Å². The second-order valence-corrected chi connectivity index (χ2v) is 5.58. The van der Waals surface area contributed by atoms with Crippen LogP contribution >= 0.6 is 0 Å². The number of nitrogens with one attached hydrogen (secondary N) is 1. The quantitative estimate of drug-likeness (QED) is 0.845. The van der Waals surface area contributed by atoms with Crippen molar-refractivity contribution in [3.8, 4) is 0 Å². The third-order valence-electron chi connectivity index (χ3n) is 4.03. The first-order valence-corrected chi connectivity index (χ1v) is 7.41. The van der Waals surface area contributed by atoms with Crippen LogP contribution in [0.25, 0.3) is 0 Å². The summed E-state index contributed by atoms with van der Waals surface area (Å²) in [4.78, 5) is 2.29. The average Bonchev–Trinajstić information content (AvgIpc) is 2.89. The summed E-state index contributed by atoms with van der Waals surface area (Å²) in [7, 11) is 2.13. The molecule has 0 spiro atoms. The van der Waals surface area contributed by atoms with Crippen molar-refractivity contribution in [1.82, 2.24) is 5.32 Å². The lowest BCUT2D eigenvalue weighted by molar-refractivity contribution is 0.545. The Kier molecular flexibility index (Phi) is 5.20. The first-order chi connectivity index (χ1) is 9.20. The molecule has 0 aliphatic heterocycles. The summed E-state index contributed by atoms with van der Waals surface area (Å²) in [6.07, 6.45) is 5.42. The van der Waals surface area contributed by atoms with E-state index in [1.54, 1.807) is 12.1 Å². The highest BCUT2D eigenvalue weighted by Crippen LogP contribution is 2.28. The summed E-state index contributed by atoms with van der Waals surface area (Å²) < 4.78 is 13.4. The van der Waals surface area contributed by atoms with Crippen LogP contribution in [0.5, 0.6) is 0 Å². The van der Waals surface area contributed by atoms with Gasteiger partial charge in [-0.15, -0.1) is 0 Å². The van der Waals surface area contributed by atoms with Crippen LogP contribution in [0.3, 0.4) is 0 Å². The van der Waals surface area contributed by atoms with Crippen molar-refractivity contribution in [2.75, 3.05) is 25.0 Å². The van der Waals surface area contributed by atoms with Crippen LogP contribution in [0, 0.1) is 11.7 Å². The number of anilines is 1. The summed E-state index contributed by atoms with van der Waals surface area (Å²) in [5.41, 5.74) is 2.22. The molecule has 0 amide bonds. The Morgan fingerprint density at radius 3 is 2.74 bits per heavy atom. The standard InChI is InChI=1S/C16H25FN2/c1-3-18-11-14-10-15(17)8-9-16(14)19(2)12-13-6-4-5-7-13/h8-10,13,18H,3-7,11-12H2,1-2H3. The number of rotatable bonds is 6. The van der Waals surface area contributed by atoms with Crippen molar-refractivity contribution < 1.29 is 4.39 Å². The molecule has 106 valence electrons. The van der Waals surface area contributed by atoms with Crippen LogP contribution in [-0.2, 0) is 6.54 Å². The maximum absolute atomic E-state index is 13.4. The maximum atomic E-state index is 13.4. The van der Waals surface area contributed by atoms with Gasteiger partial charge in [0.2, 0.25) is 0 Å². The molecule has 2 rings (SSSR count). The molecule has 1 aromatic carbocycles. The maximum Gasteiger partial charge on any atom is 0.123 e. The lowest BCUT2D eigenvalue weighted by atomic mass is 10.1. The van der Waals surface area contributed by atoms with Crippen molar-refractivity contribution >= 4 is 5.69 Å². The van der Waals surface area contributed by atoms with E-state index in [1.807, 2.05) is 6.07 Å². The second-order valence-electron chi connectivity index (χ2n) is 5.58. The van der Waals surface area contributed by atoms with Crippen molar-refractivity contribution in [2.24, 2.45) is 5.92 Å². The lowest BCUT2D eigenvalue weighted by Gasteiger charge is -2.25. The minimum absolute atomic E-state index is 0.147. The number of benzene rings is 1. The Bertz CT molecular complexity index is 400. The molecule has 1 N–H and O–H groups in total. The molecule has 1 fully saturated rings. The Morgan fingerprint density at radius 2 is 2.05 bits per heavy atom. The summed E-state index contributed by atoms with van der Waals surface area (Å²) >= 11 is 0. The molecule has 1 aromatic rings. The van der Waals surface area contributed by atoms with E-state index in [0.717, 1.165) is 36.8 Å². The van der Waals surface area contributed by atoms with E-state index in [2.05, 4.69) is 24.2 Å². The van der Waals surface area contributed by atoms with Crippen LogP contribution in [0.2, 0.25) is 0 Å². The molecule has 1 saturated carbocycles. The SMILES string of the molecule is CCNCc1cc(F)ccc1N(C)CC1CCCC1. The van der Waals surface area contributed by atoms with Gasteiger partial charge in [0.25, 0.3) is 0 Å². The second kappa shape index (κ2) is 6.90. The van der Waals surface area contributed by atoms with Crippen LogP contribution in [0.15, 0.2) is 18.2 Å². The minimum atomic E-state index is -0.147. The van der Waals surface area contributed by atoms with Crippen LogP contribution < -0.4 is 10.2 Å². The van der Waals surface area contributed by atoms with E-state index < -0.39 is 0 Å². The van der Waals surface area contributed by atoms with Gasteiger partial charge in [-0.2, -0.15) is 0 Å². The summed E-state index contributed by atoms with van der Waals surface area (Å²) in [6.45, 7) is 4.80. The predicted molar refractivity (Wildman–Crippen MR) is 79.0 cm³/mol. The lowest BCUT2D eigenvalue weighted by Crippen LogP contribution is -2.26. The molecular weight excluding hydrogens is 239 g/mol. The Hall–Kier alpha value is -1.09. The van der Waals surface area contributed by atoms with E-state index >= 15 is 0 Å². The zero-order chi connectivity index (χ0) is 13.7. The van der Waals surface area contributed by atoms with Crippen LogP contribution in [0.4, 0.5) is 10.1 Å². The van der Waals surface area contributed by atoms with Crippen molar-refractivity contribution in [3.63, 3.8) is 0 Å². The third-order valence-corrected chi connectivity index (χ3v) is 4.03. The van der Waals surface area contributed by atoms with Gasteiger partial charge in [0, 0.05) is 25.8 Å². The number of hydrogen-bond acceptors (Lipinski definition) is 2. The third kappa shape index (κ3) is 3.93. The van der Waals surface area contributed by atoms with Crippen molar-refractivity contribution in [3.05, 3.63) is 29.6 Å². The minimum Gasteiger partial charge on any atom is -0.374 e. The fourth-order valence-electron chi connectivity index (χ4n) is 3.01. The Labute approximate surface area is 116 Å². The van der Waals surface area contributed by atoms with Gasteiger partial charge < -0.3 is 10.2 Å². The normalized spacial score (nSPS) is 15.9. The van der Waals surface area contributed by atoms with E-state index in [4.69, 9.17) is 0 Å². The molecule has 0 unspecified atom stereocenters. The monoisotopic (exact) mass is 264 g/mol. The van der Waals surface area contributed by atoms with E-state index in [-0.39, 0.29) is 5.82 Å². The molecule has 0 aromatic heterocycles. The zero-order valence-electron chi connectivity index (χ0n) is 12.1. The molecule has 19 heavy (non-hydrogen) atoms. The van der Waals surface area contributed by atoms with Crippen molar-refractivity contribution in [1.29, 1.82) is 0 Å². The average molecular weight is 264 g/mol. The first-order valence-electron chi connectivity index (χ1n) is 7.41. The molecule has 0 bridgehead atoms. The molecule has 2 nitrogen and oxygen atoms in total. The highest BCUT2D eigenvalue weighted by atomic mass is 19.1. The molecule has 0 saturated heterocycles. The molecular formula is C16H25FN2. The van der Waals surface area contributed by atoms with E-state index in [0.29, 0.717) is 0 Å². The first kappa shape index (κ1) is 14.3. The van der Waals surface area contributed by atoms with Crippen LogP contribution in [-0.4, -0.2) is 20.1 Å². The Balaban J connectivity index is 2.07. The predicted octanol–water partition coefficient (Wildman–Crippen LogP) is 3.56. The summed E-state index contributed by atoms with van der Waals surface area (Å²) in [5, 5.41) is 3.29. The van der Waals surface area contributed by atoms with Gasteiger partial charge in [-0.3, -0.25) is 0 Å². The van der Waals surface area contributed by atoms with Gasteiger partial charge in [-0.25, -0.2) is 4.39 Å². The van der Waals surface area contributed by atoms with Gasteiger partial charge >= 0.3 is 0 Å². The number of hydrogen-bond donors (Lipinski definition) is 1. The Morgan fingerprint density at radius 1 is 1.32 bits per heavy atom. The van der Waals surface area contributed by atoms with Gasteiger partial charge in [-0.05, 0) is 49.1 Å². The van der Waals surface area contributed by atoms with Gasteiger partial charge in [-0.1, -0.05) is 19.8 Å². The number of halogens is 1. The number of nitrogens with zero attached hydrogens (tertiary/aromatic N) is 1. The zero-order valence-corrected chi connectivity index (χ0v) is 12.1. The van der Waals surface area contributed by atoms with Crippen molar-refractivity contribution in [2.45, 2.75) is 39.2 Å². The van der Waals surface area contributed by atoms with Crippen LogP contribution in [0.1, 0.15) is 38.2 Å². The van der Waals surface area contributed by atoms with E-state index in [1.165, 1.54) is 25.7 Å². The highest BCUT2D eigenvalue weighted by Gasteiger charge is 2.18. The molecule has 1 aliphatic rings. The van der Waals surface area contributed by atoms with Gasteiger partial charge in [0.1, 0.15) is 5.82 Å².